The van der Waals surface area contributed by atoms with Gasteiger partial charge in [-0.15, -0.1) is 0 Å². The van der Waals surface area contributed by atoms with Crippen molar-refractivity contribution in [1.29, 1.82) is 0 Å². The zero-order valence-electron chi connectivity index (χ0n) is 11.9. The van der Waals surface area contributed by atoms with E-state index in [1.54, 1.807) is 34.9 Å². The average molecular weight is 292 g/mol. The first-order valence-electron chi connectivity index (χ1n) is 6.94. The number of rotatable bonds is 6. The minimum absolute atomic E-state index is 0.371. The number of pyridine rings is 1. The Morgan fingerprint density at radius 3 is 2.70 bits per heavy atom. The van der Waals surface area contributed by atoms with Gasteiger partial charge in [0.05, 0.1) is 4.90 Å². The third kappa shape index (κ3) is 2.83. The van der Waals surface area contributed by atoms with Crippen LogP contribution < -0.4 is 0 Å². The monoisotopic (exact) mass is 292 g/mol. The van der Waals surface area contributed by atoms with Crippen LogP contribution in [0.3, 0.4) is 0 Å². The summed E-state index contributed by atoms with van der Waals surface area (Å²) in [5.74, 6) is 0. The minimum Gasteiger partial charge on any atom is -0.264 e. The summed E-state index contributed by atoms with van der Waals surface area (Å²) in [6.07, 6.45) is 5.17. The zero-order valence-corrected chi connectivity index (χ0v) is 12.7. The molecular weight excluding hydrogens is 272 g/mol. The van der Waals surface area contributed by atoms with Crippen molar-refractivity contribution in [2.45, 2.75) is 31.6 Å². The van der Waals surface area contributed by atoms with Crippen molar-refractivity contribution in [2.24, 2.45) is 0 Å². The van der Waals surface area contributed by atoms with Crippen LogP contribution in [0.1, 0.15) is 26.7 Å². The van der Waals surface area contributed by atoms with Crippen molar-refractivity contribution >= 4 is 20.8 Å². The highest BCUT2D eigenvalue weighted by Gasteiger charge is 2.24. The van der Waals surface area contributed by atoms with E-state index in [0.717, 1.165) is 23.6 Å². The molecule has 0 fully saturated rings. The summed E-state index contributed by atoms with van der Waals surface area (Å²) in [6.45, 7) is 4.99. The average Bonchev–Trinajstić information content (AvgIpc) is 2.47. The molecule has 0 spiro atoms. The van der Waals surface area contributed by atoms with Crippen LogP contribution in [0.5, 0.6) is 0 Å². The number of hydrogen-bond acceptors (Lipinski definition) is 3. The molecule has 0 amide bonds. The predicted octanol–water partition coefficient (Wildman–Crippen LogP) is 3.05. The summed E-state index contributed by atoms with van der Waals surface area (Å²) in [6, 6.07) is 7.08. The smallest absolute Gasteiger partial charge is 0.243 e. The minimum atomic E-state index is -3.44. The van der Waals surface area contributed by atoms with E-state index in [4.69, 9.17) is 0 Å². The third-order valence-corrected chi connectivity index (χ3v) is 5.40. The summed E-state index contributed by atoms with van der Waals surface area (Å²) < 4.78 is 27.1. The molecule has 20 heavy (non-hydrogen) atoms. The van der Waals surface area contributed by atoms with Crippen LogP contribution >= 0.6 is 0 Å². The van der Waals surface area contributed by atoms with E-state index in [2.05, 4.69) is 11.9 Å². The molecule has 0 radical (unpaired) electrons. The zero-order chi connectivity index (χ0) is 14.6. The Kier molecular flexibility index (Phi) is 4.73. The van der Waals surface area contributed by atoms with Crippen LogP contribution in [-0.4, -0.2) is 30.8 Å². The van der Waals surface area contributed by atoms with Gasteiger partial charge in [0.25, 0.3) is 0 Å². The van der Waals surface area contributed by atoms with Crippen molar-refractivity contribution < 1.29 is 8.42 Å². The SMILES string of the molecule is CCCCN(CC)S(=O)(=O)c1cccc2cnccc12. The van der Waals surface area contributed by atoms with Crippen LogP contribution in [-0.2, 0) is 10.0 Å². The van der Waals surface area contributed by atoms with Gasteiger partial charge in [-0.25, -0.2) is 8.42 Å². The summed E-state index contributed by atoms with van der Waals surface area (Å²) in [4.78, 5) is 4.41. The molecule has 0 N–H and O–H groups in total. The molecule has 1 aromatic heterocycles. The highest BCUT2D eigenvalue weighted by molar-refractivity contribution is 7.89. The normalized spacial score (nSPS) is 12.2. The Hall–Kier alpha value is -1.46. The summed E-state index contributed by atoms with van der Waals surface area (Å²) in [5, 5.41) is 1.58. The van der Waals surface area contributed by atoms with E-state index in [1.807, 2.05) is 13.0 Å². The largest absolute Gasteiger partial charge is 0.264 e. The lowest BCUT2D eigenvalue weighted by atomic mass is 10.2. The van der Waals surface area contributed by atoms with Crippen molar-refractivity contribution in [3.8, 4) is 0 Å². The highest BCUT2D eigenvalue weighted by atomic mass is 32.2. The van der Waals surface area contributed by atoms with Crippen molar-refractivity contribution in [3.63, 3.8) is 0 Å². The predicted molar refractivity (Wildman–Crippen MR) is 81.1 cm³/mol. The Balaban J connectivity index is 2.51. The van der Waals surface area contributed by atoms with Gasteiger partial charge in [-0.1, -0.05) is 32.4 Å². The number of hydrogen-bond donors (Lipinski definition) is 0. The quantitative estimate of drug-likeness (QED) is 0.822. The van der Waals surface area contributed by atoms with Gasteiger partial charge >= 0.3 is 0 Å². The van der Waals surface area contributed by atoms with Gasteiger partial charge in [0.1, 0.15) is 0 Å². The molecule has 2 aromatic rings. The number of benzene rings is 1. The molecule has 1 heterocycles. The van der Waals surface area contributed by atoms with Gasteiger partial charge in [0.15, 0.2) is 0 Å². The van der Waals surface area contributed by atoms with Gasteiger partial charge in [0, 0.05) is 36.3 Å². The molecule has 108 valence electrons. The number of unbranched alkanes of at least 4 members (excludes halogenated alkanes) is 1. The van der Waals surface area contributed by atoms with Gasteiger partial charge in [-0.3, -0.25) is 4.98 Å². The number of nitrogens with zero attached hydrogens (tertiary/aromatic N) is 2. The summed E-state index contributed by atoms with van der Waals surface area (Å²) >= 11 is 0. The molecule has 4 nitrogen and oxygen atoms in total. The molecule has 0 aliphatic heterocycles. The molecule has 0 unspecified atom stereocenters. The molecule has 0 aliphatic carbocycles. The lowest BCUT2D eigenvalue weighted by molar-refractivity contribution is 0.419. The first-order chi connectivity index (χ1) is 9.61. The van der Waals surface area contributed by atoms with Crippen LogP contribution in [0.15, 0.2) is 41.6 Å². The molecule has 0 bridgehead atoms. The fourth-order valence-electron chi connectivity index (χ4n) is 2.24. The number of fused-ring (bicyclic) bond motifs is 1. The Labute approximate surface area is 120 Å². The second-order valence-corrected chi connectivity index (χ2v) is 6.61. The Morgan fingerprint density at radius 1 is 1.20 bits per heavy atom. The van der Waals surface area contributed by atoms with Gasteiger partial charge in [-0.05, 0) is 18.6 Å². The molecule has 1 aromatic carbocycles. The van der Waals surface area contributed by atoms with Gasteiger partial charge in [-0.2, -0.15) is 4.31 Å². The molecule has 5 heteroatoms. The second kappa shape index (κ2) is 6.33. The maximum Gasteiger partial charge on any atom is 0.243 e. The van der Waals surface area contributed by atoms with E-state index in [0.29, 0.717) is 18.0 Å². The maximum atomic E-state index is 12.8. The van der Waals surface area contributed by atoms with Gasteiger partial charge < -0.3 is 0 Å². The number of sulfonamides is 1. The van der Waals surface area contributed by atoms with Crippen LogP contribution in [0.25, 0.3) is 10.8 Å². The molecule has 0 saturated carbocycles. The molecule has 0 saturated heterocycles. The van der Waals surface area contributed by atoms with Crippen molar-refractivity contribution in [2.75, 3.05) is 13.1 Å². The molecule has 0 atom stereocenters. The van der Waals surface area contributed by atoms with E-state index in [9.17, 15) is 8.42 Å². The fourth-order valence-corrected chi connectivity index (χ4v) is 3.94. The summed E-state index contributed by atoms with van der Waals surface area (Å²) in [7, 11) is -3.44. The third-order valence-electron chi connectivity index (χ3n) is 3.37. The first kappa shape index (κ1) is 14.9. The second-order valence-electron chi connectivity index (χ2n) is 4.70. The van der Waals surface area contributed by atoms with E-state index >= 15 is 0 Å². The maximum absolute atomic E-state index is 12.8. The summed E-state index contributed by atoms with van der Waals surface area (Å²) in [5.41, 5.74) is 0. The van der Waals surface area contributed by atoms with Crippen LogP contribution in [0.4, 0.5) is 0 Å². The van der Waals surface area contributed by atoms with Crippen LogP contribution in [0, 0.1) is 0 Å². The first-order valence-corrected chi connectivity index (χ1v) is 8.38. The standard InChI is InChI=1S/C15H20N2O2S/c1-3-5-11-17(4-2)20(18,19)15-8-6-7-13-12-16-10-9-14(13)15/h6-10,12H,3-5,11H2,1-2H3. The topological polar surface area (TPSA) is 50.3 Å². The lowest BCUT2D eigenvalue weighted by Gasteiger charge is -2.21. The Bertz CT molecular complexity index is 678. The van der Waals surface area contributed by atoms with E-state index in [1.165, 1.54) is 0 Å². The molecule has 0 aliphatic rings. The Morgan fingerprint density at radius 2 is 2.00 bits per heavy atom. The van der Waals surface area contributed by atoms with E-state index < -0.39 is 10.0 Å². The number of aromatic nitrogens is 1. The van der Waals surface area contributed by atoms with Crippen molar-refractivity contribution in [1.82, 2.24) is 9.29 Å². The van der Waals surface area contributed by atoms with Gasteiger partial charge in [0.2, 0.25) is 10.0 Å². The lowest BCUT2D eigenvalue weighted by Crippen LogP contribution is -2.32. The highest BCUT2D eigenvalue weighted by Crippen LogP contribution is 2.25. The molecule has 2 rings (SSSR count). The van der Waals surface area contributed by atoms with Crippen LogP contribution in [0.2, 0.25) is 0 Å². The van der Waals surface area contributed by atoms with Crippen molar-refractivity contribution in [3.05, 3.63) is 36.7 Å². The molecular formula is C15H20N2O2S. The van der Waals surface area contributed by atoms with E-state index in [-0.39, 0.29) is 0 Å². The fraction of sp³-hybridized carbons (Fsp3) is 0.400.